The molecule has 0 saturated carbocycles. The molecule has 4 unspecified atom stereocenters. The molecule has 1 aliphatic rings. The number of rotatable bonds is 8. The molecule has 1 fully saturated rings. The van der Waals surface area contributed by atoms with E-state index in [4.69, 9.17) is 44.3 Å². The molecule has 3 aromatic carbocycles. The Morgan fingerprint density at radius 3 is 2.34 bits per heavy atom. The van der Waals surface area contributed by atoms with Gasteiger partial charge >= 0.3 is 0 Å². The number of nitrogens with zero attached hydrogens (tertiary/aromatic N) is 4. The first-order chi connectivity index (χ1) is 19.7. The highest BCUT2D eigenvalue weighted by Crippen LogP contribution is 2.43. The number of tetrazole rings is 1. The number of aliphatic hydroxyl groups is 1. The molecule has 4 aromatic rings. The van der Waals surface area contributed by atoms with E-state index in [-0.39, 0.29) is 24.7 Å². The number of para-hydroxylation sites is 1. The molecule has 0 bridgehead atoms. The number of amides is 1. The lowest BCUT2D eigenvalue weighted by Crippen LogP contribution is -2.38. The maximum atomic E-state index is 12.0. The van der Waals surface area contributed by atoms with Crippen molar-refractivity contribution in [3.63, 3.8) is 0 Å². The summed E-state index contributed by atoms with van der Waals surface area (Å²) >= 11 is 18.5. The number of alkyl halides is 3. The summed E-state index contributed by atoms with van der Waals surface area (Å²) < 4.78 is 12.6. The van der Waals surface area contributed by atoms with Crippen LogP contribution in [0.25, 0.3) is 5.69 Å². The van der Waals surface area contributed by atoms with Crippen molar-refractivity contribution in [2.45, 2.75) is 41.0 Å². The maximum absolute atomic E-state index is 12.0. The quantitative estimate of drug-likeness (QED) is 0.178. The van der Waals surface area contributed by atoms with Crippen molar-refractivity contribution < 1.29 is 19.4 Å². The van der Waals surface area contributed by atoms with E-state index in [2.05, 4.69) is 27.8 Å². The van der Waals surface area contributed by atoms with Crippen LogP contribution in [-0.4, -0.2) is 46.9 Å². The molecule has 2 N–H and O–H groups in total. The molecule has 1 aromatic heterocycles. The van der Waals surface area contributed by atoms with Crippen LogP contribution >= 0.6 is 46.6 Å². The Labute approximate surface area is 256 Å². The molecule has 9 nitrogen and oxygen atoms in total. The standard InChI is InChI=1S/C28H26Cl3N5O4S/c1-17-23(16-41-27-33-34-35-36(27)22-5-3-2-4-6-22)39-25(40-24(17)19-9-7-18(15-37)8-10-19)20-11-13-21(14-12-20)32-26(38)28(29,30)31/h2-14,17,23-25,37H,15-16H2,1H3,(H,32,38). The average Bonchev–Trinajstić information content (AvgIpc) is 3.46. The van der Waals surface area contributed by atoms with Crippen LogP contribution in [0.4, 0.5) is 5.69 Å². The minimum Gasteiger partial charge on any atom is -0.392 e. The SMILES string of the molecule is CC1C(CSc2nnnn2-c2ccccc2)OC(c2ccc(NC(=O)C(Cl)(Cl)Cl)cc2)OC1c1ccc(CO)cc1. The lowest BCUT2D eigenvalue weighted by atomic mass is 9.91. The zero-order valence-electron chi connectivity index (χ0n) is 21.7. The second kappa shape index (κ2) is 13.1. The number of carbonyl (C=O) groups excluding carboxylic acids is 1. The maximum Gasteiger partial charge on any atom is 0.276 e. The monoisotopic (exact) mass is 633 g/mol. The first kappa shape index (κ1) is 29.8. The fraction of sp³-hybridized carbons (Fsp3) is 0.286. The number of aliphatic hydroxyl groups excluding tert-OH is 1. The second-order valence-corrected chi connectivity index (χ2v) is 12.7. The van der Waals surface area contributed by atoms with Gasteiger partial charge in [-0.1, -0.05) is 108 Å². The summed E-state index contributed by atoms with van der Waals surface area (Å²) in [5.74, 6) is -0.213. The Balaban J connectivity index is 1.37. The van der Waals surface area contributed by atoms with Crippen LogP contribution in [0.2, 0.25) is 0 Å². The van der Waals surface area contributed by atoms with E-state index in [9.17, 15) is 9.90 Å². The molecule has 0 aliphatic carbocycles. The summed E-state index contributed by atoms with van der Waals surface area (Å²) in [6.07, 6.45) is -1.21. The summed E-state index contributed by atoms with van der Waals surface area (Å²) in [4.78, 5) is 12.0. The first-order valence-corrected chi connectivity index (χ1v) is 14.8. The highest BCUT2D eigenvalue weighted by atomic mass is 35.6. The molecule has 1 aliphatic heterocycles. The van der Waals surface area contributed by atoms with Crippen LogP contribution in [-0.2, 0) is 20.9 Å². The largest absolute Gasteiger partial charge is 0.392 e. The van der Waals surface area contributed by atoms with Crippen molar-refractivity contribution in [1.29, 1.82) is 0 Å². The van der Waals surface area contributed by atoms with E-state index in [1.165, 1.54) is 11.8 Å². The molecule has 1 saturated heterocycles. The van der Waals surface area contributed by atoms with Gasteiger partial charge in [-0.2, -0.15) is 4.68 Å². The third-order valence-corrected chi connectivity index (χ3v) is 8.16. The first-order valence-electron chi connectivity index (χ1n) is 12.7. The van der Waals surface area contributed by atoms with Gasteiger partial charge in [0.15, 0.2) is 6.29 Å². The molecule has 13 heteroatoms. The summed E-state index contributed by atoms with van der Waals surface area (Å²) in [5, 5.41) is 24.9. The van der Waals surface area contributed by atoms with Gasteiger partial charge in [0.2, 0.25) is 5.16 Å². The lowest BCUT2D eigenvalue weighted by Gasteiger charge is -2.41. The summed E-state index contributed by atoms with van der Waals surface area (Å²) in [6.45, 7) is 2.05. The van der Waals surface area contributed by atoms with Crippen molar-refractivity contribution in [3.05, 3.63) is 95.6 Å². The van der Waals surface area contributed by atoms with Gasteiger partial charge in [0.25, 0.3) is 9.70 Å². The summed E-state index contributed by atoms with van der Waals surface area (Å²) in [5.41, 5.74) is 3.87. The predicted octanol–water partition coefficient (Wildman–Crippen LogP) is 6.05. The van der Waals surface area contributed by atoms with Crippen molar-refractivity contribution in [2.75, 3.05) is 11.1 Å². The number of carbonyl (C=O) groups is 1. The lowest BCUT2D eigenvalue weighted by molar-refractivity contribution is -0.268. The van der Waals surface area contributed by atoms with Crippen molar-refractivity contribution in [2.24, 2.45) is 5.92 Å². The minimum atomic E-state index is -2.08. The van der Waals surface area contributed by atoms with E-state index in [1.807, 2.05) is 54.6 Å². The van der Waals surface area contributed by atoms with E-state index >= 15 is 0 Å². The molecule has 1 amide bonds. The fourth-order valence-electron chi connectivity index (χ4n) is 4.39. The highest BCUT2D eigenvalue weighted by Gasteiger charge is 2.39. The Kier molecular flexibility index (Phi) is 9.50. The van der Waals surface area contributed by atoms with Crippen molar-refractivity contribution >= 4 is 58.2 Å². The molecule has 2 heterocycles. The van der Waals surface area contributed by atoms with Crippen molar-refractivity contribution in [3.8, 4) is 5.69 Å². The zero-order valence-corrected chi connectivity index (χ0v) is 24.8. The van der Waals surface area contributed by atoms with Crippen molar-refractivity contribution in [1.82, 2.24) is 20.2 Å². The minimum absolute atomic E-state index is 0.0253. The summed E-state index contributed by atoms with van der Waals surface area (Å²) in [7, 11) is 0. The number of ether oxygens (including phenoxy) is 2. The van der Waals surface area contributed by atoms with E-state index in [0.29, 0.717) is 16.6 Å². The normalized spacial score (nSPS) is 21.0. The number of benzene rings is 3. The average molecular weight is 635 g/mol. The highest BCUT2D eigenvalue weighted by molar-refractivity contribution is 7.99. The number of hydrogen-bond donors (Lipinski definition) is 2. The number of aromatic nitrogens is 4. The third kappa shape index (κ3) is 7.21. The number of thioether (sulfide) groups is 1. The number of anilines is 1. The van der Waals surface area contributed by atoms with Crippen LogP contribution in [0.5, 0.6) is 0 Å². The second-order valence-electron chi connectivity index (χ2n) is 9.42. The van der Waals surface area contributed by atoms with E-state index < -0.39 is 16.0 Å². The van der Waals surface area contributed by atoms with E-state index in [1.54, 1.807) is 28.9 Å². The smallest absolute Gasteiger partial charge is 0.276 e. The Bertz CT molecular complexity index is 1450. The molecular weight excluding hydrogens is 609 g/mol. The topological polar surface area (TPSA) is 111 Å². The van der Waals surface area contributed by atoms with Crippen LogP contribution in [0, 0.1) is 5.92 Å². The van der Waals surface area contributed by atoms with Crippen LogP contribution < -0.4 is 5.32 Å². The molecule has 41 heavy (non-hydrogen) atoms. The molecular formula is C28H26Cl3N5O4S. The van der Waals surface area contributed by atoms with Crippen LogP contribution in [0.15, 0.2) is 84.0 Å². The Morgan fingerprint density at radius 1 is 1.00 bits per heavy atom. The fourth-order valence-corrected chi connectivity index (χ4v) is 5.59. The van der Waals surface area contributed by atoms with Gasteiger partial charge < -0.3 is 19.9 Å². The predicted molar refractivity (Wildman–Crippen MR) is 158 cm³/mol. The number of halogens is 3. The van der Waals surface area contributed by atoms with Gasteiger partial charge in [-0.3, -0.25) is 4.79 Å². The number of nitrogens with one attached hydrogen (secondary N) is 1. The van der Waals surface area contributed by atoms with Gasteiger partial charge in [0.05, 0.1) is 24.5 Å². The van der Waals surface area contributed by atoms with Gasteiger partial charge in [-0.15, -0.1) is 5.10 Å². The molecule has 0 spiro atoms. The Morgan fingerprint density at radius 2 is 1.68 bits per heavy atom. The number of hydrogen-bond acceptors (Lipinski definition) is 8. The van der Waals surface area contributed by atoms with Gasteiger partial charge in [0.1, 0.15) is 0 Å². The van der Waals surface area contributed by atoms with Gasteiger partial charge in [-0.05, 0) is 45.8 Å². The molecule has 0 radical (unpaired) electrons. The van der Waals surface area contributed by atoms with Gasteiger partial charge in [-0.25, -0.2) is 0 Å². The molecule has 5 rings (SSSR count). The third-order valence-electron chi connectivity index (χ3n) is 6.64. The van der Waals surface area contributed by atoms with E-state index in [0.717, 1.165) is 22.4 Å². The van der Waals surface area contributed by atoms with Crippen LogP contribution in [0.1, 0.15) is 36.0 Å². The molecule has 214 valence electrons. The Hall–Kier alpha value is -2.70. The summed E-state index contributed by atoms with van der Waals surface area (Å²) in [6, 6.07) is 24.3. The van der Waals surface area contributed by atoms with Crippen LogP contribution in [0.3, 0.4) is 0 Å². The van der Waals surface area contributed by atoms with Gasteiger partial charge in [0, 0.05) is 22.9 Å². The molecule has 4 atom stereocenters. The zero-order chi connectivity index (χ0) is 29.0.